The highest BCUT2D eigenvalue weighted by Gasteiger charge is 2.28. The molecule has 0 unspecified atom stereocenters. The highest BCUT2D eigenvalue weighted by atomic mass is 32.1. The predicted octanol–water partition coefficient (Wildman–Crippen LogP) is 12.5. The second kappa shape index (κ2) is 14.5. The maximum absolute atomic E-state index is 6.32. The largest absolute Gasteiger partial charge is 0.496 e. The van der Waals surface area contributed by atoms with Crippen molar-refractivity contribution in [2.75, 3.05) is 14.2 Å². The molecule has 0 atom stereocenters. The Morgan fingerprint density at radius 2 is 0.809 bits per heavy atom. The van der Waals surface area contributed by atoms with E-state index in [1.165, 1.54) is 62.6 Å². The summed E-state index contributed by atoms with van der Waals surface area (Å²) < 4.78 is 24.4. The maximum atomic E-state index is 6.32. The number of hydrogen-bond donors (Lipinski definition) is 0. The number of hydrogen-bond acceptors (Lipinski definition) is 7. The molecule has 0 radical (unpaired) electrons. The lowest BCUT2D eigenvalue weighted by atomic mass is 9.98. The van der Waals surface area contributed by atoms with E-state index in [4.69, 9.17) is 18.9 Å². The Morgan fingerprint density at radius 3 is 1.13 bits per heavy atom. The molecule has 3 heterocycles. The summed E-state index contributed by atoms with van der Waals surface area (Å²) in [6.07, 6.45) is 2.08. The fraction of sp³-hybridized carbons (Fsp3) is 0.400. The van der Waals surface area contributed by atoms with E-state index in [0.717, 1.165) is 47.0 Å². The molecule has 5 aromatic rings. The Kier molecular flexibility index (Phi) is 10.8. The molecule has 0 fully saturated rings. The monoisotopic (exact) mass is 688 g/mol. The van der Waals surface area contributed by atoms with Crippen LogP contribution < -0.4 is 18.9 Å². The minimum absolute atomic E-state index is 0.0617. The highest BCUT2D eigenvalue weighted by molar-refractivity contribution is 7.28. The van der Waals surface area contributed by atoms with Crippen LogP contribution in [0.1, 0.15) is 74.9 Å². The van der Waals surface area contributed by atoms with Gasteiger partial charge in [-0.2, -0.15) is 0 Å². The Bertz CT molecular complexity index is 1750. The zero-order valence-corrected chi connectivity index (χ0v) is 32.3. The SMILES string of the molecule is CCc1c(-c2sc(-c3c(OC)cccc3OC(C)C)c(C)c2C)sc(-c2sc(-c3c(OC)cccc3OC(C)C)c(C)c2C)c1CC. The van der Waals surface area contributed by atoms with E-state index in [1.807, 2.05) is 58.3 Å². The molecule has 0 bridgehead atoms. The highest BCUT2D eigenvalue weighted by Crippen LogP contribution is 2.55. The van der Waals surface area contributed by atoms with Crippen molar-refractivity contribution < 1.29 is 18.9 Å². The van der Waals surface area contributed by atoms with E-state index in [1.54, 1.807) is 14.2 Å². The van der Waals surface area contributed by atoms with Crippen molar-refractivity contribution in [2.45, 2.75) is 94.3 Å². The molecule has 250 valence electrons. The number of benzene rings is 2. The van der Waals surface area contributed by atoms with Gasteiger partial charge in [-0.15, -0.1) is 34.0 Å². The van der Waals surface area contributed by atoms with E-state index < -0.39 is 0 Å². The first-order chi connectivity index (χ1) is 22.5. The van der Waals surface area contributed by atoms with E-state index in [-0.39, 0.29) is 12.2 Å². The van der Waals surface area contributed by atoms with Crippen LogP contribution in [0.25, 0.3) is 40.4 Å². The molecule has 5 rings (SSSR count). The average molecular weight is 689 g/mol. The van der Waals surface area contributed by atoms with E-state index >= 15 is 0 Å². The Labute approximate surface area is 293 Å². The van der Waals surface area contributed by atoms with Gasteiger partial charge in [0.25, 0.3) is 0 Å². The Balaban J connectivity index is 1.72. The zero-order valence-electron chi connectivity index (χ0n) is 29.9. The van der Waals surface area contributed by atoms with Crippen molar-refractivity contribution in [2.24, 2.45) is 0 Å². The maximum Gasteiger partial charge on any atom is 0.132 e. The quantitative estimate of drug-likeness (QED) is 0.131. The van der Waals surface area contributed by atoms with E-state index in [9.17, 15) is 0 Å². The lowest BCUT2D eigenvalue weighted by Gasteiger charge is -2.16. The van der Waals surface area contributed by atoms with Crippen LogP contribution in [0.2, 0.25) is 0 Å². The molecule has 7 heteroatoms. The molecule has 0 aliphatic carbocycles. The standard InChI is InChI=1S/C40H48O4S3/c1-13-27-28(14-2)40(38-26(10)24(8)36(46-38)34-30(42-12)18-16-20-32(34)44-22(5)6)47-39(27)37-25(9)23(7)35(45-37)33-29(41-11)17-15-19-31(33)43-21(3)4/h15-22H,13-14H2,1-12H3. The molecule has 0 saturated heterocycles. The molecule has 0 saturated carbocycles. The smallest absolute Gasteiger partial charge is 0.132 e. The topological polar surface area (TPSA) is 36.9 Å². The van der Waals surface area contributed by atoms with Crippen LogP contribution in [-0.4, -0.2) is 26.4 Å². The number of thiophene rings is 3. The van der Waals surface area contributed by atoms with Crippen LogP contribution in [0.3, 0.4) is 0 Å². The molecule has 0 spiro atoms. The van der Waals surface area contributed by atoms with Gasteiger partial charge in [-0.25, -0.2) is 0 Å². The normalized spacial score (nSPS) is 11.5. The fourth-order valence-corrected chi connectivity index (χ4v) is 10.9. The summed E-state index contributed by atoms with van der Waals surface area (Å²) >= 11 is 5.68. The van der Waals surface area contributed by atoms with Gasteiger partial charge in [0.15, 0.2) is 0 Å². The predicted molar refractivity (Wildman–Crippen MR) is 204 cm³/mol. The Hall–Kier alpha value is -3.26. The summed E-state index contributed by atoms with van der Waals surface area (Å²) in [5.41, 5.74) is 10.2. The van der Waals surface area contributed by atoms with Gasteiger partial charge < -0.3 is 18.9 Å². The fourth-order valence-electron chi connectivity index (χ4n) is 6.23. The van der Waals surface area contributed by atoms with Gasteiger partial charge in [0, 0.05) is 29.3 Å². The van der Waals surface area contributed by atoms with Crippen molar-refractivity contribution in [3.05, 3.63) is 69.8 Å². The van der Waals surface area contributed by atoms with Crippen molar-refractivity contribution in [1.29, 1.82) is 0 Å². The second-order valence-corrected chi connectivity index (χ2v) is 15.5. The van der Waals surface area contributed by atoms with Crippen molar-refractivity contribution in [3.63, 3.8) is 0 Å². The molecule has 0 N–H and O–H groups in total. The van der Waals surface area contributed by atoms with Gasteiger partial charge >= 0.3 is 0 Å². The van der Waals surface area contributed by atoms with E-state index in [2.05, 4.69) is 81.4 Å². The second-order valence-electron chi connectivity index (χ2n) is 12.4. The summed E-state index contributed by atoms with van der Waals surface area (Å²) in [4.78, 5) is 7.85. The summed E-state index contributed by atoms with van der Waals surface area (Å²) in [5.74, 6) is 3.40. The molecule has 0 aliphatic heterocycles. The van der Waals surface area contributed by atoms with Crippen LogP contribution in [0.5, 0.6) is 23.0 Å². The van der Waals surface area contributed by atoms with Crippen molar-refractivity contribution >= 4 is 34.0 Å². The van der Waals surface area contributed by atoms with Crippen LogP contribution >= 0.6 is 34.0 Å². The van der Waals surface area contributed by atoms with Gasteiger partial charge in [-0.05, 0) is 126 Å². The summed E-state index contributed by atoms with van der Waals surface area (Å²) in [7, 11) is 3.48. The summed E-state index contributed by atoms with van der Waals surface area (Å²) in [6, 6.07) is 12.2. The van der Waals surface area contributed by atoms with Gasteiger partial charge in [0.2, 0.25) is 0 Å². The minimum Gasteiger partial charge on any atom is -0.496 e. The summed E-state index contributed by atoms with van der Waals surface area (Å²) in [5, 5.41) is 0. The molecule has 3 aromatic heterocycles. The average Bonchev–Trinajstić information content (AvgIpc) is 3.66. The van der Waals surface area contributed by atoms with Crippen LogP contribution in [0, 0.1) is 27.7 Å². The van der Waals surface area contributed by atoms with Crippen molar-refractivity contribution in [3.8, 4) is 63.4 Å². The van der Waals surface area contributed by atoms with Gasteiger partial charge in [0.05, 0.1) is 37.6 Å². The molecule has 0 amide bonds. The number of ether oxygens (including phenoxy) is 4. The third-order valence-corrected chi connectivity index (χ3v) is 13.2. The molecular formula is C40H48O4S3. The third-order valence-electron chi connectivity index (χ3n) is 8.73. The van der Waals surface area contributed by atoms with Crippen LogP contribution in [0.15, 0.2) is 36.4 Å². The molecular weight excluding hydrogens is 641 g/mol. The first-order valence-electron chi connectivity index (χ1n) is 16.5. The Morgan fingerprint density at radius 1 is 0.489 bits per heavy atom. The number of rotatable bonds is 12. The molecule has 0 aliphatic rings. The molecule has 4 nitrogen and oxygen atoms in total. The van der Waals surface area contributed by atoms with E-state index in [0.29, 0.717) is 0 Å². The van der Waals surface area contributed by atoms with Crippen molar-refractivity contribution in [1.82, 2.24) is 0 Å². The lowest BCUT2D eigenvalue weighted by molar-refractivity contribution is 0.242. The first-order valence-corrected chi connectivity index (χ1v) is 18.9. The van der Waals surface area contributed by atoms with Gasteiger partial charge in [0.1, 0.15) is 23.0 Å². The van der Waals surface area contributed by atoms with Crippen LogP contribution in [0.4, 0.5) is 0 Å². The number of methoxy groups -OCH3 is 2. The van der Waals surface area contributed by atoms with Gasteiger partial charge in [-0.1, -0.05) is 26.0 Å². The first kappa shape index (κ1) is 35.1. The zero-order chi connectivity index (χ0) is 34.2. The lowest BCUT2D eigenvalue weighted by Crippen LogP contribution is -2.07. The summed E-state index contributed by atoms with van der Waals surface area (Å²) in [6.45, 7) is 21.9. The molecule has 2 aromatic carbocycles. The third kappa shape index (κ3) is 6.47. The van der Waals surface area contributed by atoms with Gasteiger partial charge in [-0.3, -0.25) is 0 Å². The van der Waals surface area contributed by atoms with Crippen LogP contribution in [-0.2, 0) is 12.8 Å². The minimum atomic E-state index is 0.0617. The molecule has 47 heavy (non-hydrogen) atoms.